The van der Waals surface area contributed by atoms with Crippen LogP contribution in [0.1, 0.15) is 43.4 Å². The van der Waals surface area contributed by atoms with Gasteiger partial charge in [-0.2, -0.15) is 0 Å². The summed E-state index contributed by atoms with van der Waals surface area (Å²) >= 11 is 5.65. The minimum atomic E-state index is 0.0775. The molecular formula is C12H18ClN. The fourth-order valence-corrected chi connectivity index (χ4v) is 1.65. The molecule has 0 aliphatic heterocycles. The van der Waals surface area contributed by atoms with Gasteiger partial charge in [0.25, 0.3) is 0 Å². The standard InChI is InChI=1S/C12H18ClN/c1-9(2)10-3-5-11(6-4-10)12(14)7-8-13/h3-6,9,12H,7-8,14H2,1-2H3. The molecule has 0 amide bonds. The van der Waals surface area contributed by atoms with Crippen molar-refractivity contribution in [2.45, 2.75) is 32.2 Å². The molecule has 0 radical (unpaired) electrons. The molecule has 0 aliphatic carbocycles. The Kier molecular flexibility index (Phi) is 4.43. The SMILES string of the molecule is CC(C)c1ccc(C(N)CCCl)cc1. The Morgan fingerprint density at radius 2 is 1.64 bits per heavy atom. The summed E-state index contributed by atoms with van der Waals surface area (Å²) < 4.78 is 0. The van der Waals surface area contributed by atoms with Crippen LogP contribution in [0.3, 0.4) is 0 Å². The minimum absolute atomic E-state index is 0.0775. The first-order valence-corrected chi connectivity index (χ1v) is 5.60. The Hall–Kier alpha value is -0.530. The lowest BCUT2D eigenvalue weighted by atomic mass is 9.98. The first-order chi connectivity index (χ1) is 6.65. The summed E-state index contributed by atoms with van der Waals surface area (Å²) in [7, 11) is 0. The topological polar surface area (TPSA) is 26.0 Å². The van der Waals surface area contributed by atoms with Crippen LogP contribution >= 0.6 is 11.6 Å². The quantitative estimate of drug-likeness (QED) is 0.759. The summed E-state index contributed by atoms with van der Waals surface area (Å²) in [5.74, 6) is 1.20. The Bertz CT molecular complexity index is 266. The Labute approximate surface area is 91.3 Å². The number of hydrogen-bond acceptors (Lipinski definition) is 1. The highest BCUT2D eigenvalue weighted by Gasteiger charge is 2.05. The Balaban J connectivity index is 2.72. The molecule has 0 spiro atoms. The number of benzene rings is 1. The van der Waals surface area contributed by atoms with E-state index in [1.54, 1.807) is 0 Å². The normalized spacial score (nSPS) is 13.2. The highest BCUT2D eigenvalue weighted by atomic mass is 35.5. The first-order valence-electron chi connectivity index (χ1n) is 5.06. The predicted octanol–water partition coefficient (Wildman–Crippen LogP) is 3.44. The zero-order valence-corrected chi connectivity index (χ0v) is 9.59. The van der Waals surface area contributed by atoms with Crippen molar-refractivity contribution in [3.05, 3.63) is 35.4 Å². The maximum absolute atomic E-state index is 5.95. The molecule has 14 heavy (non-hydrogen) atoms. The zero-order chi connectivity index (χ0) is 10.6. The van der Waals surface area contributed by atoms with Gasteiger partial charge in [-0.05, 0) is 23.5 Å². The van der Waals surface area contributed by atoms with E-state index < -0.39 is 0 Å². The molecule has 1 rings (SSSR count). The molecule has 1 unspecified atom stereocenters. The van der Waals surface area contributed by atoms with Crippen molar-refractivity contribution in [2.24, 2.45) is 5.73 Å². The molecule has 0 aromatic heterocycles. The summed E-state index contributed by atoms with van der Waals surface area (Å²) in [6, 6.07) is 8.58. The van der Waals surface area contributed by atoms with Crippen LogP contribution in [0.25, 0.3) is 0 Å². The monoisotopic (exact) mass is 211 g/mol. The van der Waals surface area contributed by atoms with Crippen LogP contribution in [0.5, 0.6) is 0 Å². The molecule has 0 saturated carbocycles. The third-order valence-electron chi connectivity index (χ3n) is 2.45. The fourth-order valence-electron chi connectivity index (χ4n) is 1.41. The largest absolute Gasteiger partial charge is 0.324 e. The Morgan fingerprint density at radius 3 is 2.07 bits per heavy atom. The molecule has 2 N–H and O–H groups in total. The van der Waals surface area contributed by atoms with E-state index in [-0.39, 0.29) is 6.04 Å². The van der Waals surface area contributed by atoms with Crippen molar-refractivity contribution in [3.8, 4) is 0 Å². The molecule has 0 saturated heterocycles. The van der Waals surface area contributed by atoms with E-state index in [0.717, 1.165) is 6.42 Å². The molecule has 2 heteroatoms. The first kappa shape index (κ1) is 11.5. The molecule has 78 valence electrons. The second-order valence-electron chi connectivity index (χ2n) is 3.91. The van der Waals surface area contributed by atoms with Gasteiger partial charge in [-0.25, -0.2) is 0 Å². The van der Waals surface area contributed by atoms with Crippen molar-refractivity contribution in [3.63, 3.8) is 0 Å². The lowest BCUT2D eigenvalue weighted by molar-refractivity contribution is 0.702. The molecule has 0 bridgehead atoms. The third-order valence-corrected chi connectivity index (χ3v) is 2.67. The van der Waals surface area contributed by atoms with E-state index in [1.165, 1.54) is 11.1 Å². The lowest BCUT2D eigenvalue weighted by Gasteiger charge is -2.12. The van der Waals surface area contributed by atoms with Crippen molar-refractivity contribution >= 4 is 11.6 Å². The molecular weight excluding hydrogens is 194 g/mol. The van der Waals surface area contributed by atoms with E-state index >= 15 is 0 Å². The van der Waals surface area contributed by atoms with Gasteiger partial charge in [0, 0.05) is 11.9 Å². The van der Waals surface area contributed by atoms with E-state index in [2.05, 4.69) is 38.1 Å². The van der Waals surface area contributed by atoms with Crippen LogP contribution in [0.4, 0.5) is 0 Å². The number of alkyl halides is 1. The second-order valence-corrected chi connectivity index (χ2v) is 4.28. The summed E-state index contributed by atoms with van der Waals surface area (Å²) in [4.78, 5) is 0. The van der Waals surface area contributed by atoms with Crippen molar-refractivity contribution in [1.82, 2.24) is 0 Å². The summed E-state index contributed by atoms with van der Waals surface area (Å²) in [6.45, 7) is 4.38. The lowest BCUT2D eigenvalue weighted by Crippen LogP contribution is -2.10. The molecule has 0 aliphatic rings. The number of rotatable bonds is 4. The van der Waals surface area contributed by atoms with Crippen LogP contribution < -0.4 is 5.73 Å². The maximum atomic E-state index is 5.95. The summed E-state index contributed by atoms with van der Waals surface area (Å²) in [5.41, 5.74) is 8.48. The van der Waals surface area contributed by atoms with Crippen LogP contribution in [0.15, 0.2) is 24.3 Å². The fraction of sp³-hybridized carbons (Fsp3) is 0.500. The van der Waals surface area contributed by atoms with Gasteiger partial charge in [-0.3, -0.25) is 0 Å². The van der Waals surface area contributed by atoms with E-state index in [1.807, 2.05) is 0 Å². The van der Waals surface area contributed by atoms with Gasteiger partial charge in [0.05, 0.1) is 0 Å². The van der Waals surface area contributed by atoms with Crippen molar-refractivity contribution in [2.75, 3.05) is 5.88 Å². The van der Waals surface area contributed by atoms with Crippen molar-refractivity contribution in [1.29, 1.82) is 0 Å². The van der Waals surface area contributed by atoms with Gasteiger partial charge in [-0.15, -0.1) is 11.6 Å². The highest BCUT2D eigenvalue weighted by Crippen LogP contribution is 2.19. The van der Waals surface area contributed by atoms with Crippen molar-refractivity contribution < 1.29 is 0 Å². The Morgan fingerprint density at radius 1 is 1.14 bits per heavy atom. The number of hydrogen-bond donors (Lipinski definition) is 1. The van der Waals surface area contributed by atoms with Gasteiger partial charge in [0.15, 0.2) is 0 Å². The average molecular weight is 212 g/mol. The van der Waals surface area contributed by atoms with Crippen LogP contribution in [0, 0.1) is 0 Å². The summed E-state index contributed by atoms with van der Waals surface area (Å²) in [6.07, 6.45) is 0.836. The summed E-state index contributed by atoms with van der Waals surface area (Å²) in [5, 5.41) is 0. The average Bonchev–Trinajstić information content (AvgIpc) is 2.18. The minimum Gasteiger partial charge on any atom is -0.324 e. The molecule has 0 heterocycles. The van der Waals surface area contributed by atoms with Gasteiger partial charge in [-0.1, -0.05) is 38.1 Å². The van der Waals surface area contributed by atoms with E-state index in [4.69, 9.17) is 17.3 Å². The molecule has 1 nitrogen and oxygen atoms in total. The van der Waals surface area contributed by atoms with Crippen LogP contribution in [-0.2, 0) is 0 Å². The van der Waals surface area contributed by atoms with Gasteiger partial charge in [0.1, 0.15) is 0 Å². The van der Waals surface area contributed by atoms with E-state index in [0.29, 0.717) is 11.8 Å². The third kappa shape index (κ3) is 3.00. The van der Waals surface area contributed by atoms with Crippen LogP contribution in [0.2, 0.25) is 0 Å². The van der Waals surface area contributed by atoms with Gasteiger partial charge >= 0.3 is 0 Å². The predicted molar refractivity (Wildman–Crippen MR) is 62.8 cm³/mol. The smallest absolute Gasteiger partial charge is 0.0306 e. The van der Waals surface area contributed by atoms with E-state index in [9.17, 15) is 0 Å². The number of nitrogens with two attached hydrogens (primary N) is 1. The van der Waals surface area contributed by atoms with Gasteiger partial charge < -0.3 is 5.73 Å². The molecule has 1 aromatic rings. The van der Waals surface area contributed by atoms with Gasteiger partial charge in [0.2, 0.25) is 0 Å². The maximum Gasteiger partial charge on any atom is 0.0306 e. The molecule has 0 fully saturated rings. The molecule has 1 atom stereocenters. The highest BCUT2D eigenvalue weighted by molar-refractivity contribution is 6.17. The second kappa shape index (κ2) is 5.38. The van der Waals surface area contributed by atoms with Crippen LogP contribution in [-0.4, -0.2) is 5.88 Å². The molecule has 1 aromatic carbocycles. The zero-order valence-electron chi connectivity index (χ0n) is 8.83. The number of halogens is 1.